The van der Waals surface area contributed by atoms with Crippen molar-refractivity contribution in [3.8, 4) is 0 Å². The Bertz CT molecular complexity index is 3030. The minimum atomic E-state index is -4.96. The molecule has 0 heterocycles. The summed E-state index contributed by atoms with van der Waals surface area (Å²) in [5.74, 6) is -1.63. The second-order valence-electron chi connectivity index (χ2n) is 31.0. The highest BCUT2D eigenvalue weighted by Crippen LogP contribution is 2.45. The van der Waals surface area contributed by atoms with E-state index in [1.54, 1.807) is 0 Å². The fourth-order valence-electron chi connectivity index (χ4n) is 12.4. The molecule has 0 rings (SSSR count). The molecule has 0 aromatic rings. The fraction of sp³-hybridized carbons (Fsp3) is 0.641. The van der Waals surface area contributed by atoms with Gasteiger partial charge in [-0.15, -0.1) is 0 Å². The molecule has 0 saturated carbocycles. The van der Waals surface area contributed by atoms with Gasteiger partial charge in [-0.05, 0) is 167 Å². The summed E-state index contributed by atoms with van der Waals surface area (Å²) in [4.78, 5) is 59.0. The van der Waals surface area contributed by atoms with Crippen molar-refractivity contribution in [3.63, 3.8) is 0 Å². The number of phosphoric ester groups is 2. The molecule has 0 aliphatic carbocycles. The number of hydrogen-bond donors (Lipinski definition) is 4. The lowest BCUT2D eigenvalue weighted by Gasteiger charge is -2.21. The van der Waals surface area contributed by atoms with Gasteiger partial charge in [0.15, 0.2) is 6.10 Å². The van der Waals surface area contributed by atoms with Crippen LogP contribution in [-0.4, -0.2) is 95.9 Å². The predicted molar refractivity (Wildman–Crippen MR) is 509 cm³/mol. The summed E-state index contributed by atoms with van der Waals surface area (Å²) in [6.45, 7) is 2.32. The minimum Gasteiger partial charge on any atom is -0.463 e. The summed E-state index contributed by atoms with van der Waals surface area (Å²) < 4.78 is 61.5. The molecule has 0 spiro atoms. The van der Waals surface area contributed by atoms with Crippen LogP contribution in [0.2, 0.25) is 0 Å². The molecule has 0 fully saturated rings. The van der Waals surface area contributed by atoms with E-state index >= 15 is 0 Å². The van der Waals surface area contributed by atoms with Gasteiger partial charge in [0.2, 0.25) is 0 Å². The second kappa shape index (κ2) is 93.3. The molecule has 0 bridgehead atoms. The fourth-order valence-corrected chi connectivity index (χ4v) is 14.0. The number of aliphatic hydroxyl groups excluding tert-OH is 2. The average molecular weight is 1730 g/mol. The van der Waals surface area contributed by atoms with Crippen LogP contribution in [0.5, 0.6) is 0 Å². The van der Waals surface area contributed by atoms with Gasteiger partial charge in [-0.2, -0.15) is 0 Å². The van der Waals surface area contributed by atoms with Gasteiger partial charge in [0.25, 0.3) is 0 Å². The van der Waals surface area contributed by atoms with E-state index in [-0.39, 0.29) is 19.3 Å². The van der Waals surface area contributed by atoms with Crippen LogP contribution in [0.4, 0.5) is 0 Å². The molecule has 0 aliphatic heterocycles. The Morgan fingerprint density at radius 2 is 0.413 bits per heavy atom. The number of carbonyl (C=O) groups is 3. The van der Waals surface area contributed by atoms with Crippen molar-refractivity contribution in [2.45, 2.75) is 386 Å². The van der Waals surface area contributed by atoms with E-state index in [0.29, 0.717) is 25.7 Å². The van der Waals surface area contributed by atoms with Crippen LogP contribution < -0.4 is 0 Å². The molecule has 0 aliphatic rings. The van der Waals surface area contributed by atoms with E-state index < -0.39 is 91.5 Å². The quantitative estimate of drug-likeness (QED) is 0.0146. The summed E-state index contributed by atoms with van der Waals surface area (Å²) in [7, 11) is -9.84. The number of esters is 3. The Kier molecular flexibility index (Phi) is 88.8. The van der Waals surface area contributed by atoms with E-state index in [1.807, 2.05) is 0 Å². The van der Waals surface area contributed by atoms with Gasteiger partial charge >= 0.3 is 33.6 Å². The third-order valence-corrected chi connectivity index (χ3v) is 21.4. The lowest BCUT2D eigenvalue weighted by molar-refractivity contribution is -0.161. The number of unbranched alkanes of at least 4 members (excludes halogenated alkanes) is 31. The monoisotopic (exact) mass is 1730 g/mol. The standard InChI is InChI=1S/C103H170O16P2/c1-4-7-10-13-16-19-22-25-28-31-34-37-39-41-43-45-47-48-50-52-53-55-57-60-62-65-68-71-74-77-80-83-86-89-101(106)113-92-98(104)93-115-120(109,110)116-94-99(105)95-117-121(111,112)118-97-100(119-103(108)91-88-85-82-79-76-73-70-67-64-59-36-33-30-27-24-21-18-15-12-9-6-3)96-114-102(107)90-87-84-81-78-75-72-69-66-63-61-58-56-54-51-49-46-44-42-40-38-35-32-29-26-23-20-17-14-11-8-5-2/h7-12,16-21,25-30,34-38,41-44,47-48,59,67,70,76,79,98-100,104-105H,4-6,13-15,22-24,31-33,39-40,45-46,49-58,60-66,68-69,71-75,77-78,80-97H2,1-3H3,(H,109,110)(H,111,112)/b10-7-,11-8-,12-9-,19-16-,20-17-,21-18-,28-25-,29-26-,30-27-,37-34-,38-35-,43-41-,44-42-,48-47-,59-36-,70-67-,79-76-. The zero-order chi connectivity index (χ0) is 87.9. The Balaban J connectivity index is 4.60. The summed E-state index contributed by atoms with van der Waals surface area (Å²) in [5.41, 5.74) is 0. The van der Waals surface area contributed by atoms with Crippen molar-refractivity contribution in [1.82, 2.24) is 0 Å². The van der Waals surface area contributed by atoms with Crippen LogP contribution in [0.3, 0.4) is 0 Å². The molecular weight excluding hydrogens is 1560 g/mol. The lowest BCUT2D eigenvalue weighted by atomic mass is 10.0. The van der Waals surface area contributed by atoms with Crippen LogP contribution in [0.1, 0.15) is 367 Å². The Morgan fingerprint density at radius 3 is 0.669 bits per heavy atom. The summed E-state index contributed by atoms with van der Waals surface area (Å²) in [6.07, 6.45) is 126. The van der Waals surface area contributed by atoms with E-state index in [9.17, 15) is 43.5 Å². The lowest BCUT2D eigenvalue weighted by Crippen LogP contribution is -2.30. The number of rotatable bonds is 88. The predicted octanol–water partition coefficient (Wildman–Crippen LogP) is 29.6. The molecule has 4 N–H and O–H groups in total. The van der Waals surface area contributed by atoms with Gasteiger partial charge in [-0.1, -0.05) is 388 Å². The van der Waals surface area contributed by atoms with Gasteiger partial charge in [0.05, 0.1) is 26.4 Å². The van der Waals surface area contributed by atoms with Crippen LogP contribution in [0.15, 0.2) is 207 Å². The maximum absolute atomic E-state index is 13.1. The summed E-state index contributed by atoms with van der Waals surface area (Å²) in [5, 5.41) is 20.7. The summed E-state index contributed by atoms with van der Waals surface area (Å²) >= 11 is 0. The number of ether oxygens (including phenoxy) is 3. The average Bonchev–Trinajstić information content (AvgIpc) is 0.889. The molecule has 5 unspecified atom stereocenters. The smallest absolute Gasteiger partial charge is 0.463 e. The van der Waals surface area contributed by atoms with Crippen molar-refractivity contribution in [3.05, 3.63) is 207 Å². The first kappa shape index (κ1) is 115. The maximum atomic E-state index is 13.1. The molecule has 0 amide bonds. The zero-order valence-electron chi connectivity index (χ0n) is 75.9. The Morgan fingerprint density at radius 1 is 0.231 bits per heavy atom. The van der Waals surface area contributed by atoms with E-state index in [2.05, 4.69) is 227 Å². The molecule has 688 valence electrons. The normalized spacial score (nSPS) is 14.7. The first-order chi connectivity index (χ1) is 59.2. The SMILES string of the molecule is CC/C=C\C/C=C\C/C=C\C/C=C\C/C=C\C/C=C\CCCCCCCCCCCCCCCCC(=O)OCC(O)COP(=O)(O)OCC(O)COP(=O)(O)OCC(COC(=O)CCCCCCCCCCCCCCCCC/C=C\C/C=C\C/C=C\C/C=C\C/C=C\CC)OC(=O)CCCC/C=C\C/C=C\C/C=C\C/C=C\C/C=C\C/C=C\CC. The van der Waals surface area contributed by atoms with Gasteiger partial charge in [0.1, 0.15) is 25.4 Å². The molecular formula is C103H170O16P2. The van der Waals surface area contributed by atoms with Crippen molar-refractivity contribution in [2.24, 2.45) is 0 Å². The Labute approximate surface area is 737 Å². The van der Waals surface area contributed by atoms with Crippen molar-refractivity contribution < 1.29 is 75.8 Å². The van der Waals surface area contributed by atoms with Crippen LogP contribution in [0, 0.1) is 0 Å². The zero-order valence-corrected chi connectivity index (χ0v) is 77.7. The molecule has 0 saturated heterocycles. The highest BCUT2D eigenvalue weighted by atomic mass is 31.2. The van der Waals surface area contributed by atoms with Crippen LogP contribution in [-0.2, 0) is 55.8 Å². The van der Waals surface area contributed by atoms with Gasteiger partial charge in [-0.3, -0.25) is 32.5 Å². The van der Waals surface area contributed by atoms with Crippen molar-refractivity contribution >= 4 is 33.6 Å². The molecule has 5 atom stereocenters. The van der Waals surface area contributed by atoms with Crippen LogP contribution >= 0.6 is 15.6 Å². The number of carbonyl (C=O) groups excluding carboxylic acids is 3. The second-order valence-corrected chi connectivity index (χ2v) is 33.9. The van der Waals surface area contributed by atoms with E-state index in [1.165, 1.54) is 128 Å². The first-order valence-corrected chi connectivity index (χ1v) is 50.4. The Hall–Kier alpha value is -5.87. The van der Waals surface area contributed by atoms with E-state index in [0.717, 1.165) is 173 Å². The third-order valence-electron chi connectivity index (χ3n) is 19.5. The molecule has 0 aromatic heterocycles. The number of phosphoric acid groups is 2. The van der Waals surface area contributed by atoms with Crippen LogP contribution in [0.25, 0.3) is 0 Å². The van der Waals surface area contributed by atoms with Gasteiger partial charge < -0.3 is 34.2 Å². The number of aliphatic hydroxyl groups is 2. The highest BCUT2D eigenvalue weighted by molar-refractivity contribution is 7.47. The molecule has 0 aromatic carbocycles. The minimum absolute atomic E-state index is 0.0439. The summed E-state index contributed by atoms with van der Waals surface area (Å²) in [6, 6.07) is 0. The first-order valence-electron chi connectivity index (χ1n) is 47.4. The molecule has 18 heteroatoms. The van der Waals surface area contributed by atoms with Crippen molar-refractivity contribution in [1.29, 1.82) is 0 Å². The number of allylic oxidation sites excluding steroid dienone is 34. The number of hydrogen-bond acceptors (Lipinski definition) is 14. The van der Waals surface area contributed by atoms with Gasteiger partial charge in [-0.25, -0.2) is 9.13 Å². The van der Waals surface area contributed by atoms with E-state index in [4.69, 9.17) is 32.3 Å². The largest absolute Gasteiger partial charge is 0.472 e. The molecule has 0 radical (unpaired) electrons. The molecule has 121 heavy (non-hydrogen) atoms. The molecule has 16 nitrogen and oxygen atoms in total. The highest BCUT2D eigenvalue weighted by Gasteiger charge is 2.29. The third kappa shape index (κ3) is 94.6. The topological polar surface area (TPSA) is 231 Å². The van der Waals surface area contributed by atoms with Gasteiger partial charge in [0, 0.05) is 19.3 Å². The maximum Gasteiger partial charge on any atom is 0.472 e. The van der Waals surface area contributed by atoms with Crippen molar-refractivity contribution in [2.75, 3.05) is 39.6 Å².